The Kier molecular flexibility index (Phi) is 6.22. The molecule has 36 heavy (non-hydrogen) atoms. The van der Waals surface area contributed by atoms with E-state index in [0.29, 0.717) is 37.9 Å². The largest absolute Gasteiger partial charge is 0.479 e. The maximum atomic E-state index is 13.4. The zero-order chi connectivity index (χ0) is 25.4. The van der Waals surface area contributed by atoms with Crippen molar-refractivity contribution < 1.29 is 19.1 Å². The molecule has 3 aromatic carbocycles. The van der Waals surface area contributed by atoms with E-state index in [0.717, 1.165) is 10.1 Å². The minimum atomic E-state index is -1.13. The van der Waals surface area contributed by atoms with Gasteiger partial charge < -0.3 is 14.3 Å². The van der Waals surface area contributed by atoms with E-state index in [1.54, 1.807) is 60.7 Å². The van der Waals surface area contributed by atoms with Gasteiger partial charge in [0.15, 0.2) is 11.9 Å². The van der Waals surface area contributed by atoms with E-state index in [4.69, 9.17) is 32.4 Å². The van der Waals surface area contributed by atoms with E-state index in [2.05, 4.69) is 10.1 Å². The molecule has 0 radical (unpaired) electrons. The van der Waals surface area contributed by atoms with E-state index < -0.39 is 17.6 Å². The van der Waals surface area contributed by atoms with Crippen LogP contribution in [0.25, 0.3) is 33.5 Å². The molecule has 2 aromatic heterocycles. The zero-order valence-electron chi connectivity index (χ0n) is 18.7. The molecular weight excluding hydrogens is 505 g/mol. The number of carbonyl (C=O) groups is 1. The monoisotopic (exact) mass is 521 g/mol. The first-order valence-electron chi connectivity index (χ1n) is 10.7. The maximum absolute atomic E-state index is 13.4. The van der Waals surface area contributed by atoms with Crippen LogP contribution in [0.4, 0.5) is 0 Å². The van der Waals surface area contributed by atoms with Crippen molar-refractivity contribution >= 4 is 57.3 Å². The third-order valence-electron chi connectivity index (χ3n) is 5.39. The molecule has 10 heteroatoms. The second-order valence-electron chi connectivity index (χ2n) is 7.89. The van der Waals surface area contributed by atoms with Crippen LogP contribution >= 0.6 is 23.2 Å². The fraction of sp³-hybridized carbons (Fsp3) is 0.0769. The highest BCUT2D eigenvalue weighted by Gasteiger charge is 2.18. The number of halogens is 2. The maximum Gasteiger partial charge on any atom is 0.344 e. The SMILES string of the molecule is C[C@@H](Oc1ccc(Cl)cc1C=Nn1c(-c2cc3cc(Cl)ccc3o2)nc2ccccc2c1=O)C(=O)O. The molecule has 0 saturated carbocycles. The summed E-state index contributed by atoms with van der Waals surface area (Å²) < 4.78 is 12.6. The fourth-order valence-electron chi connectivity index (χ4n) is 3.60. The van der Waals surface area contributed by atoms with Crippen molar-refractivity contribution in [3.63, 3.8) is 0 Å². The molecule has 0 fully saturated rings. The molecule has 5 rings (SSSR count). The van der Waals surface area contributed by atoms with Gasteiger partial charge in [-0.2, -0.15) is 9.78 Å². The van der Waals surface area contributed by atoms with E-state index in [9.17, 15) is 14.7 Å². The number of carboxylic acid groups (broad SMARTS) is 1. The summed E-state index contributed by atoms with van der Waals surface area (Å²) in [6, 6.07) is 18.5. The van der Waals surface area contributed by atoms with E-state index in [-0.39, 0.29) is 11.6 Å². The zero-order valence-corrected chi connectivity index (χ0v) is 20.2. The topological polar surface area (TPSA) is 107 Å². The Bertz CT molecular complexity index is 1720. The lowest BCUT2D eigenvalue weighted by molar-refractivity contribution is -0.144. The van der Waals surface area contributed by atoms with Crippen LogP contribution in [0, 0.1) is 0 Å². The number of aromatic nitrogens is 2. The van der Waals surface area contributed by atoms with Gasteiger partial charge in [0.05, 0.1) is 17.1 Å². The molecule has 1 N–H and O–H groups in total. The number of hydrogen-bond donors (Lipinski definition) is 1. The lowest BCUT2D eigenvalue weighted by Gasteiger charge is -2.13. The number of aliphatic carboxylic acids is 1. The third-order valence-corrected chi connectivity index (χ3v) is 5.86. The number of fused-ring (bicyclic) bond motifs is 2. The van der Waals surface area contributed by atoms with Crippen LogP contribution in [0.3, 0.4) is 0 Å². The Hall–Kier alpha value is -4.14. The van der Waals surface area contributed by atoms with Crippen molar-refractivity contribution in [2.24, 2.45) is 5.10 Å². The van der Waals surface area contributed by atoms with Gasteiger partial charge in [-0.3, -0.25) is 4.79 Å². The number of para-hydroxylation sites is 1. The summed E-state index contributed by atoms with van der Waals surface area (Å²) >= 11 is 12.3. The number of rotatable bonds is 6. The normalized spacial score (nSPS) is 12.4. The van der Waals surface area contributed by atoms with Gasteiger partial charge in [-0.1, -0.05) is 35.3 Å². The van der Waals surface area contributed by atoms with Crippen LogP contribution in [-0.2, 0) is 4.79 Å². The van der Waals surface area contributed by atoms with Gasteiger partial charge in [-0.25, -0.2) is 9.78 Å². The summed E-state index contributed by atoms with van der Waals surface area (Å²) in [4.78, 5) is 29.3. The first-order chi connectivity index (χ1) is 17.3. The minimum absolute atomic E-state index is 0.172. The van der Waals surface area contributed by atoms with Gasteiger partial charge in [0, 0.05) is 21.0 Å². The first-order valence-corrected chi connectivity index (χ1v) is 11.5. The van der Waals surface area contributed by atoms with Gasteiger partial charge in [-0.05, 0) is 61.5 Å². The van der Waals surface area contributed by atoms with Crippen molar-refractivity contribution in [1.29, 1.82) is 0 Å². The van der Waals surface area contributed by atoms with E-state index >= 15 is 0 Å². The molecule has 0 aliphatic carbocycles. The summed E-state index contributed by atoms with van der Waals surface area (Å²) in [6.07, 6.45) is 0.248. The van der Waals surface area contributed by atoms with Gasteiger partial charge in [0.25, 0.3) is 5.56 Å². The molecule has 8 nitrogen and oxygen atoms in total. The van der Waals surface area contributed by atoms with Crippen molar-refractivity contribution in [3.05, 3.63) is 92.7 Å². The Morgan fingerprint density at radius 1 is 1.11 bits per heavy atom. The molecule has 0 spiro atoms. The molecule has 0 amide bonds. The molecule has 0 aliphatic rings. The van der Waals surface area contributed by atoms with Crippen LogP contribution in [0.5, 0.6) is 5.75 Å². The highest BCUT2D eigenvalue weighted by Crippen LogP contribution is 2.29. The van der Waals surface area contributed by atoms with Crippen LogP contribution < -0.4 is 10.3 Å². The van der Waals surface area contributed by atoms with Crippen LogP contribution in [0.15, 0.2) is 81.0 Å². The number of furan rings is 1. The molecule has 180 valence electrons. The van der Waals surface area contributed by atoms with Gasteiger partial charge in [0.1, 0.15) is 11.3 Å². The number of benzene rings is 3. The van der Waals surface area contributed by atoms with Crippen LogP contribution in [-0.4, -0.2) is 33.1 Å². The van der Waals surface area contributed by atoms with Crippen molar-refractivity contribution in [3.8, 4) is 17.3 Å². The summed E-state index contributed by atoms with van der Waals surface area (Å²) in [5, 5.41) is 15.6. The highest BCUT2D eigenvalue weighted by atomic mass is 35.5. The second kappa shape index (κ2) is 9.49. The molecular formula is C26H17Cl2N3O5. The Balaban J connectivity index is 1.68. The van der Waals surface area contributed by atoms with Crippen molar-refractivity contribution in [2.75, 3.05) is 0 Å². The standard InChI is InChI=1S/C26H17Cl2N3O5/c1-14(26(33)34)35-22-9-7-18(28)11-16(22)13-29-31-24(30-20-5-3-2-4-19(20)25(31)32)23-12-15-10-17(27)6-8-21(15)36-23/h2-14H,1H3,(H,33,34)/t14-/m1/s1. The average molecular weight is 522 g/mol. The molecule has 1 atom stereocenters. The third kappa shape index (κ3) is 4.56. The Morgan fingerprint density at radius 2 is 1.86 bits per heavy atom. The molecule has 0 saturated heterocycles. The highest BCUT2D eigenvalue weighted by molar-refractivity contribution is 6.31. The number of nitrogens with zero attached hydrogens (tertiary/aromatic N) is 3. The van der Waals surface area contributed by atoms with E-state index in [1.807, 2.05) is 0 Å². The van der Waals surface area contributed by atoms with E-state index in [1.165, 1.54) is 19.2 Å². The second-order valence-corrected chi connectivity index (χ2v) is 8.76. The summed E-state index contributed by atoms with van der Waals surface area (Å²) in [5.41, 5.74) is 0.997. The van der Waals surface area contributed by atoms with Crippen LogP contribution in [0.1, 0.15) is 12.5 Å². The Labute approximate surface area is 214 Å². The summed E-state index contributed by atoms with van der Waals surface area (Å²) in [6.45, 7) is 1.40. The predicted octanol–water partition coefficient (Wildman–Crippen LogP) is 5.85. The van der Waals surface area contributed by atoms with Gasteiger partial charge in [0.2, 0.25) is 5.82 Å². The number of carboxylic acids is 1. The van der Waals surface area contributed by atoms with Gasteiger partial charge >= 0.3 is 5.97 Å². The molecule has 5 aromatic rings. The molecule has 0 bridgehead atoms. The minimum Gasteiger partial charge on any atom is -0.479 e. The van der Waals surface area contributed by atoms with Crippen molar-refractivity contribution in [1.82, 2.24) is 9.66 Å². The molecule has 0 aliphatic heterocycles. The van der Waals surface area contributed by atoms with Crippen molar-refractivity contribution in [2.45, 2.75) is 13.0 Å². The fourth-order valence-corrected chi connectivity index (χ4v) is 3.96. The number of ether oxygens (including phenoxy) is 1. The van der Waals surface area contributed by atoms with Gasteiger partial charge in [-0.15, -0.1) is 0 Å². The lowest BCUT2D eigenvalue weighted by atomic mass is 10.2. The molecule has 2 heterocycles. The van der Waals surface area contributed by atoms with Crippen LogP contribution in [0.2, 0.25) is 10.0 Å². The number of hydrogen-bond acceptors (Lipinski definition) is 6. The first kappa shape index (κ1) is 23.6. The quantitative estimate of drug-likeness (QED) is 0.281. The lowest BCUT2D eigenvalue weighted by Crippen LogP contribution is -2.23. The molecule has 0 unspecified atom stereocenters. The summed E-state index contributed by atoms with van der Waals surface area (Å²) in [7, 11) is 0. The smallest absolute Gasteiger partial charge is 0.344 e. The average Bonchev–Trinajstić information content (AvgIpc) is 3.27. The predicted molar refractivity (Wildman–Crippen MR) is 138 cm³/mol. The summed E-state index contributed by atoms with van der Waals surface area (Å²) in [5.74, 6) is -0.408. The Morgan fingerprint density at radius 3 is 2.67 bits per heavy atom.